The maximum atomic E-state index is 12.1. The van der Waals surface area contributed by atoms with Crippen LogP contribution in [0.2, 0.25) is 0 Å². The van der Waals surface area contributed by atoms with Gasteiger partial charge in [-0.3, -0.25) is 14.3 Å². The van der Waals surface area contributed by atoms with Crippen molar-refractivity contribution in [3.8, 4) is 17.0 Å². The SMILES string of the molecule is Cc1cccc(-c2c(O)n(CC(C)(C)C)c(=O)[nH]c2=O)c1. The third kappa shape index (κ3) is 3.24. The number of aromatic nitrogens is 2. The third-order valence-corrected chi connectivity index (χ3v) is 3.11. The van der Waals surface area contributed by atoms with Crippen LogP contribution < -0.4 is 11.2 Å². The average Bonchev–Trinajstić information content (AvgIpc) is 2.33. The van der Waals surface area contributed by atoms with Gasteiger partial charge in [0.2, 0.25) is 5.88 Å². The summed E-state index contributed by atoms with van der Waals surface area (Å²) < 4.78 is 1.21. The lowest BCUT2D eigenvalue weighted by Gasteiger charge is -2.21. The summed E-state index contributed by atoms with van der Waals surface area (Å²) in [6.45, 7) is 8.08. The molecule has 0 saturated carbocycles. The predicted octanol–water partition coefficient (Wildman–Crippen LogP) is 2.26. The Morgan fingerprint density at radius 2 is 1.90 bits per heavy atom. The Hall–Kier alpha value is -2.30. The number of nitrogens with zero attached hydrogens (tertiary/aromatic N) is 1. The van der Waals surface area contributed by atoms with Crippen LogP contribution in [-0.2, 0) is 6.54 Å². The van der Waals surface area contributed by atoms with Crippen molar-refractivity contribution in [2.45, 2.75) is 34.2 Å². The molecule has 0 spiro atoms. The highest BCUT2D eigenvalue weighted by Gasteiger charge is 2.20. The number of aromatic amines is 1. The van der Waals surface area contributed by atoms with Gasteiger partial charge in [-0.1, -0.05) is 50.6 Å². The molecule has 0 aliphatic rings. The predicted molar refractivity (Wildman–Crippen MR) is 82.6 cm³/mol. The van der Waals surface area contributed by atoms with E-state index in [1.54, 1.807) is 12.1 Å². The smallest absolute Gasteiger partial charge is 0.331 e. The van der Waals surface area contributed by atoms with Gasteiger partial charge in [-0.25, -0.2) is 4.79 Å². The number of aromatic hydroxyl groups is 1. The highest BCUT2D eigenvalue weighted by atomic mass is 16.3. The lowest BCUT2D eigenvalue weighted by atomic mass is 9.96. The lowest BCUT2D eigenvalue weighted by Crippen LogP contribution is -2.34. The number of benzene rings is 1. The van der Waals surface area contributed by atoms with E-state index < -0.39 is 11.2 Å². The molecule has 2 N–H and O–H groups in total. The summed E-state index contributed by atoms with van der Waals surface area (Å²) in [4.78, 5) is 26.3. The van der Waals surface area contributed by atoms with Crippen molar-refractivity contribution in [1.82, 2.24) is 9.55 Å². The number of hydrogen-bond acceptors (Lipinski definition) is 3. The van der Waals surface area contributed by atoms with E-state index in [0.717, 1.165) is 5.56 Å². The lowest BCUT2D eigenvalue weighted by molar-refractivity contribution is 0.301. The Kier molecular flexibility index (Phi) is 3.77. The van der Waals surface area contributed by atoms with E-state index in [1.165, 1.54) is 4.57 Å². The highest BCUT2D eigenvalue weighted by molar-refractivity contribution is 5.67. The van der Waals surface area contributed by atoms with Crippen LogP contribution in [0, 0.1) is 12.3 Å². The molecule has 2 rings (SSSR count). The molecular weight excluding hydrogens is 268 g/mol. The highest BCUT2D eigenvalue weighted by Crippen LogP contribution is 2.26. The second-order valence-electron chi connectivity index (χ2n) is 6.47. The molecule has 1 aromatic carbocycles. The van der Waals surface area contributed by atoms with Gasteiger partial charge in [-0.05, 0) is 17.9 Å². The largest absolute Gasteiger partial charge is 0.494 e. The van der Waals surface area contributed by atoms with Crippen LogP contribution in [0.3, 0.4) is 0 Å². The van der Waals surface area contributed by atoms with Crippen LogP contribution in [0.5, 0.6) is 5.88 Å². The number of hydrogen-bond donors (Lipinski definition) is 2. The summed E-state index contributed by atoms with van der Waals surface area (Å²) in [6.07, 6.45) is 0. The second kappa shape index (κ2) is 5.24. The topological polar surface area (TPSA) is 75.1 Å². The van der Waals surface area contributed by atoms with E-state index >= 15 is 0 Å². The number of nitrogens with one attached hydrogen (secondary N) is 1. The Balaban J connectivity index is 2.71. The maximum Gasteiger partial charge on any atom is 0.331 e. The van der Waals surface area contributed by atoms with Gasteiger partial charge in [0.05, 0.1) is 0 Å². The number of H-pyrrole nitrogens is 1. The fraction of sp³-hybridized carbons (Fsp3) is 0.375. The first-order valence-electron chi connectivity index (χ1n) is 6.82. The maximum absolute atomic E-state index is 12.1. The van der Waals surface area contributed by atoms with Gasteiger partial charge >= 0.3 is 5.69 Å². The molecule has 0 bridgehead atoms. The normalized spacial score (nSPS) is 11.6. The zero-order valence-electron chi connectivity index (χ0n) is 12.7. The minimum absolute atomic E-state index is 0.127. The van der Waals surface area contributed by atoms with Crippen molar-refractivity contribution in [2.24, 2.45) is 5.41 Å². The van der Waals surface area contributed by atoms with Crippen LogP contribution in [0.4, 0.5) is 0 Å². The average molecular weight is 288 g/mol. The fourth-order valence-electron chi connectivity index (χ4n) is 2.24. The van der Waals surface area contributed by atoms with E-state index in [2.05, 4.69) is 4.98 Å². The van der Waals surface area contributed by atoms with Crippen LogP contribution in [-0.4, -0.2) is 14.7 Å². The van der Waals surface area contributed by atoms with Gasteiger partial charge in [0.1, 0.15) is 5.56 Å². The van der Waals surface area contributed by atoms with Crippen molar-refractivity contribution in [2.75, 3.05) is 0 Å². The number of aryl methyl sites for hydroxylation is 1. The first-order valence-corrected chi connectivity index (χ1v) is 6.82. The molecule has 0 aliphatic heterocycles. The standard InChI is InChI=1S/C16H20N2O3/c1-10-6-5-7-11(8-10)12-13(19)17-15(21)18(14(12)20)9-16(2,3)4/h5-8,20H,9H2,1-4H3,(H,17,19,21). The summed E-state index contributed by atoms with van der Waals surface area (Å²) >= 11 is 0. The summed E-state index contributed by atoms with van der Waals surface area (Å²) in [7, 11) is 0. The van der Waals surface area contributed by atoms with E-state index in [1.807, 2.05) is 39.8 Å². The summed E-state index contributed by atoms with van der Waals surface area (Å²) in [5.41, 5.74) is 0.319. The molecule has 0 amide bonds. The molecule has 0 atom stereocenters. The van der Waals surface area contributed by atoms with Crippen LogP contribution in [0.1, 0.15) is 26.3 Å². The molecule has 21 heavy (non-hydrogen) atoms. The molecular formula is C16H20N2O3. The fourth-order valence-corrected chi connectivity index (χ4v) is 2.24. The minimum atomic E-state index is -0.594. The van der Waals surface area contributed by atoms with Gasteiger partial charge in [-0.2, -0.15) is 0 Å². The molecule has 1 heterocycles. The van der Waals surface area contributed by atoms with Crippen LogP contribution in [0.15, 0.2) is 33.9 Å². The summed E-state index contributed by atoms with van der Waals surface area (Å²) in [5.74, 6) is -0.288. The minimum Gasteiger partial charge on any atom is -0.494 e. The van der Waals surface area contributed by atoms with Gasteiger partial charge in [0.25, 0.3) is 5.56 Å². The third-order valence-electron chi connectivity index (χ3n) is 3.11. The van der Waals surface area contributed by atoms with Gasteiger partial charge in [0.15, 0.2) is 0 Å². The Morgan fingerprint density at radius 1 is 1.24 bits per heavy atom. The summed E-state index contributed by atoms with van der Waals surface area (Å²) in [5, 5.41) is 10.4. The monoisotopic (exact) mass is 288 g/mol. The Morgan fingerprint density at radius 3 is 2.48 bits per heavy atom. The van der Waals surface area contributed by atoms with E-state index in [0.29, 0.717) is 12.1 Å². The van der Waals surface area contributed by atoms with Crippen molar-refractivity contribution < 1.29 is 5.11 Å². The van der Waals surface area contributed by atoms with Gasteiger partial charge in [-0.15, -0.1) is 0 Å². The van der Waals surface area contributed by atoms with E-state index in [9.17, 15) is 14.7 Å². The van der Waals surface area contributed by atoms with E-state index in [4.69, 9.17) is 0 Å². The molecule has 112 valence electrons. The van der Waals surface area contributed by atoms with Crippen molar-refractivity contribution in [1.29, 1.82) is 0 Å². The molecule has 5 heteroatoms. The molecule has 0 radical (unpaired) electrons. The zero-order chi connectivity index (χ0) is 15.8. The quantitative estimate of drug-likeness (QED) is 0.890. The molecule has 0 fully saturated rings. The first-order chi connectivity index (χ1) is 9.69. The first kappa shape index (κ1) is 15.1. The van der Waals surface area contributed by atoms with Gasteiger partial charge in [0, 0.05) is 6.54 Å². The molecule has 2 aromatic rings. The second-order valence-corrected chi connectivity index (χ2v) is 6.47. The Bertz CT molecular complexity index is 779. The number of rotatable bonds is 2. The van der Waals surface area contributed by atoms with Crippen LogP contribution >= 0.6 is 0 Å². The molecule has 0 aliphatic carbocycles. The van der Waals surface area contributed by atoms with Crippen LogP contribution in [0.25, 0.3) is 11.1 Å². The molecule has 0 unspecified atom stereocenters. The van der Waals surface area contributed by atoms with Crippen molar-refractivity contribution in [3.63, 3.8) is 0 Å². The Labute approximate surface area is 122 Å². The van der Waals surface area contributed by atoms with Gasteiger partial charge < -0.3 is 5.11 Å². The van der Waals surface area contributed by atoms with E-state index in [-0.39, 0.29) is 16.9 Å². The van der Waals surface area contributed by atoms with Crippen molar-refractivity contribution in [3.05, 3.63) is 50.7 Å². The molecule has 0 saturated heterocycles. The molecule has 5 nitrogen and oxygen atoms in total. The molecule has 1 aromatic heterocycles. The zero-order valence-corrected chi connectivity index (χ0v) is 12.7. The summed E-state index contributed by atoms with van der Waals surface area (Å²) in [6, 6.07) is 7.25. The van der Waals surface area contributed by atoms with Crippen molar-refractivity contribution >= 4 is 0 Å².